The van der Waals surface area contributed by atoms with Gasteiger partial charge in [-0.3, -0.25) is 0 Å². The van der Waals surface area contributed by atoms with Crippen molar-refractivity contribution in [2.75, 3.05) is 21.3 Å². The standard InChI is InChI=1S/C18H17FN4O3S/c1-24-13-8-15(25-2)14(16(9-13)26-3)10-20-23-17(21-22-18(23)27)11-4-6-12(19)7-5-11/h4-10H,1-3H3,(H,22,27)/b20-10-. The lowest BCUT2D eigenvalue weighted by Gasteiger charge is -2.12. The first kappa shape index (κ1) is 18.6. The van der Waals surface area contributed by atoms with E-state index >= 15 is 0 Å². The predicted molar refractivity (Wildman–Crippen MR) is 102 cm³/mol. The molecule has 27 heavy (non-hydrogen) atoms. The molecule has 1 aromatic heterocycles. The molecule has 0 saturated heterocycles. The summed E-state index contributed by atoms with van der Waals surface area (Å²) in [5.41, 5.74) is 1.27. The second kappa shape index (κ2) is 8.00. The minimum atomic E-state index is -0.337. The van der Waals surface area contributed by atoms with Crippen LogP contribution in [-0.2, 0) is 0 Å². The Morgan fingerprint density at radius 1 is 1.07 bits per heavy atom. The van der Waals surface area contributed by atoms with Crippen LogP contribution in [0.3, 0.4) is 0 Å². The predicted octanol–water partition coefficient (Wildman–Crippen LogP) is 3.65. The Morgan fingerprint density at radius 3 is 2.26 bits per heavy atom. The molecule has 0 unspecified atom stereocenters. The molecule has 140 valence electrons. The number of nitrogens with one attached hydrogen (secondary N) is 1. The Labute approximate surface area is 160 Å². The van der Waals surface area contributed by atoms with Crippen LogP contribution in [0.25, 0.3) is 11.4 Å². The van der Waals surface area contributed by atoms with Gasteiger partial charge in [-0.2, -0.15) is 14.9 Å². The summed E-state index contributed by atoms with van der Waals surface area (Å²) in [6.45, 7) is 0. The molecule has 1 heterocycles. The highest BCUT2D eigenvalue weighted by molar-refractivity contribution is 7.71. The Kier molecular flexibility index (Phi) is 5.51. The van der Waals surface area contributed by atoms with Crippen LogP contribution in [0, 0.1) is 10.6 Å². The average molecular weight is 388 g/mol. The molecule has 7 nitrogen and oxygen atoms in total. The van der Waals surface area contributed by atoms with E-state index in [9.17, 15) is 4.39 Å². The van der Waals surface area contributed by atoms with Crippen LogP contribution < -0.4 is 14.2 Å². The summed E-state index contributed by atoms with van der Waals surface area (Å²) in [5, 5.41) is 11.3. The van der Waals surface area contributed by atoms with E-state index in [2.05, 4.69) is 15.3 Å². The molecule has 3 rings (SSSR count). The number of ether oxygens (including phenoxy) is 3. The van der Waals surface area contributed by atoms with Gasteiger partial charge in [-0.25, -0.2) is 9.49 Å². The fourth-order valence-electron chi connectivity index (χ4n) is 2.46. The molecule has 0 aliphatic rings. The first-order chi connectivity index (χ1) is 13.1. The van der Waals surface area contributed by atoms with E-state index in [4.69, 9.17) is 26.4 Å². The van der Waals surface area contributed by atoms with Gasteiger partial charge in [0.25, 0.3) is 0 Å². The molecule has 9 heteroatoms. The van der Waals surface area contributed by atoms with Crippen molar-refractivity contribution in [3.05, 3.63) is 52.5 Å². The summed E-state index contributed by atoms with van der Waals surface area (Å²) in [4.78, 5) is 0. The molecule has 0 spiro atoms. The summed E-state index contributed by atoms with van der Waals surface area (Å²) < 4.78 is 31.0. The number of aromatic nitrogens is 3. The van der Waals surface area contributed by atoms with Crippen LogP contribution in [0.4, 0.5) is 4.39 Å². The van der Waals surface area contributed by atoms with Crippen molar-refractivity contribution in [1.82, 2.24) is 14.9 Å². The molecule has 2 aromatic carbocycles. The monoisotopic (exact) mass is 388 g/mol. The molecule has 0 bridgehead atoms. The minimum Gasteiger partial charge on any atom is -0.496 e. The molecule has 0 amide bonds. The highest BCUT2D eigenvalue weighted by Crippen LogP contribution is 2.32. The highest BCUT2D eigenvalue weighted by atomic mass is 32.1. The van der Waals surface area contributed by atoms with Crippen molar-refractivity contribution in [2.45, 2.75) is 0 Å². The van der Waals surface area contributed by atoms with Crippen molar-refractivity contribution in [2.24, 2.45) is 5.10 Å². The van der Waals surface area contributed by atoms with Gasteiger partial charge in [-0.05, 0) is 36.5 Å². The number of halogens is 1. The van der Waals surface area contributed by atoms with Crippen LogP contribution in [0.2, 0.25) is 0 Å². The Morgan fingerprint density at radius 2 is 1.70 bits per heavy atom. The largest absolute Gasteiger partial charge is 0.496 e. The molecule has 0 fully saturated rings. The first-order valence-electron chi connectivity index (χ1n) is 7.85. The Bertz CT molecular complexity index is 1000. The van der Waals surface area contributed by atoms with Crippen molar-refractivity contribution in [1.29, 1.82) is 0 Å². The van der Waals surface area contributed by atoms with E-state index in [1.807, 2.05) is 0 Å². The van der Waals surface area contributed by atoms with Crippen LogP contribution in [0.1, 0.15) is 5.56 Å². The number of hydrogen-bond donors (Lipinski definition) is 1. The molecule has 3 aromatic rings. The molecule has 0 atom stereocenters. The van der Waals surface area contributed by atoms with E-state index in [0.717, 1.165) is 0 Å². The van der Waals surface area contributed by atoms with Gasteiger partial charge >= 0.3 is 0 Å². The van der Waals surface area contributed by atoms with E-state index in [1.54, 1.807) is 51.8 Å². The number of aromatic amines is 1. The molecular weight excluding hydrogens is 371 g/mol. The quantitative estimate of drug-likeness (QED) is 0.515. The van der Waals surface area contributed by atoms with Crippen LogP contribution in [0.5, 0.6) is 17.2 Å². The fraction of sp³-hybridized carbons (Fsp3) is 0.167. The molecule has 1 N–H and O–H groups in total. The van der Waals surface area contributed by atoms with Gasteiger partial charge in [0.05, 0.1) is 33.1 Å². The lowest BCUT2D eigenvalue weighted by Crippen LogP contribution is -2.00. The van der Waals surface area contributed by atoms with Crippen LogP contribution in [-0.4, -0.2) is 42.4 Å². The molecule has 0 saturated carbocycles. The summed E-state index contributed by atoms with van der Waals surface area (Å²) in [6, 6.07) is 9.33. The van der Waals surface area contributed by atoms with Gasteiger partial charge in [0.1, 0.15) is 23.1 Å². The second-order valence-corrected chi connectivity index (χ2v) is 5.75. The topological polar surface area (TPSA) is 73.7 Å². The SMILES string of the molecule is COc1cc(OC)c(/C=N\n2c(-c3ccc(F)cc3)n[nH]c2=S)c(OC)c1. The summed E-state index contributed by atoms with van der Waals surface area (Å²) in [7, 11) is 4.64. The lowest BCUT2D eigenvalue weighted by atomic mass is 10.2. The normalized spacial score (nSPS) is 11.0. The number of nitrogens with zero attached hydrogens (tertiary/aromatic N) is 3. The maximum atomic E-state index is 13.2. The maximum Gasteiger partial charge on any atom is 0.216 e. The Hall–Kier alpha value is -3.20. The van der Waals surface area contributed by atoms with E-state index < -0.39 is 0 Å². The van der Waals surface area contributed by atoms with E-state index in [-0.39, 0.29) is 10.6 Å². The maximum absolute atomic E-state index is 13.2. The third kappa shape index (κ3) is 3.82. The number of H-pyrrole nitrogens is 1. The number of hydrogen-bond acceptors (Lipinski definition) is 6. The number of benzene rings is 2. The molecule has 0 aliphatic carbocycles. The third-order valence-corrected chi connectivity index (χ3v) is 4.07. The Balaban J connectivity index is 2.06. The van der Waals surface area contributed by atoms with Gasteiger partial charge in [-0.15, -0.1) is 0 Å². The average Bonchev–Trinajstić information content (AvgIpc) is 3.06. The number of methoxy groups -OCH3 is 3. The zero-order chi connectivity index (χ0) is 19.4. The summed E-state index contributed by atoms with van der Waals surface area (Å²) in [6.07, 6.45) is 1.55. The van der Waals surface area contributed by atoms with Gasteiger partial charge in [0.15, 0.2) is 5.82 Å². The highest BCUT2D eigenvalue weighted by Gasteiger charge is 2.13. The lowest BCUT2D eigenvalue weighted by molar-refractivity contribution is 0.374. The smallest absolute Gasteiger partial charge is 0.216 e. The van der Waals surface area contributed by atoms with Gasteiger partial charge in [0, 0.05) is 17.7 Å². The van der Waals surface area contributed by atoms with Gasteiger partial charge in [0.2, 0.25) is 4.77 Å². The van der Waals surface area contributed by atoms with Crippen molar-refractivity contribution < 1.29 is 18.6 Å². The van der Waals surface area contributed by atoms with E-state index in [0.29, 0.717) is 34.2 Å². The minimum absolute atomic E-state index is 0.289. The van der Waals surface area contributed by atoms with Crippen molar-refractivity contribution in [3.8, 4) is 28.6 Å². The van der Waals surface area contributed by atoms with Gasteiger partial charge < -0.3 is 14.2 Å². The number of rotatable bonds is 6. The van der Waals surface area contributed by atoms with Crippen LogP contribution >= 0.6 is 12.2 Å². The van der Waals surface area contributed by atoms with Crippen molar-refractivity contribution >= 4 is 18.4 Å². The van der Waals surface area contributed by atoms with E-state index in [1.165, 1.54) is 16.8 Å². The summed E-state index contributed by atoms with van der Waals surface area (Å²) >= 11 is 5.25. The second-order valence-electron chi connectivity index (χ2n) is 5.36. The first-order valence-corrected chi connectivity index (χ1v) is 8.26. The molecule has 0 aliphatic heterocycles. The van der Waals surface area contributed by atoms with Crippen molar-refractivity contribution in [3.63, 3.8) is 0 Å². The fourth-order valence-corrected chi connectivity index (χ4v) is 2.64. The van der Waals surface area contributed by atoms with Gasteiger partial charge in [-0.1, -0.05) is 0 Å². The summed E-state index contributed by atoms with van der Waals surface area (Å²) in [5.74, 6) is 1.74. The zero-order valence-corrected chi connectivity index (χ0v) is 15.7. The zero-order valence-electron chi connectivity index (χ0n) is 14.9. The van der Waals surface area contributed by atoms with Crippen LogP contribution in [0.15, 0.2) is 41.5 Å². The molecule has 0 radical (unpaired) electrons. The molecular formula is C18H17FN4O3S. The third-order valence-electron chi connectivity index (χ3n) is 3.81.